The van der Waals surface area contributed by atoms with Crippen LogP contribution in [0, 0.1) is 11.6 Å². The number of rotatable bonds is 5. The Kier molecular flexibility index (Phi) is 5.27. The Bertz CT molecular complexity index is 1410. The van der Waals surface area contributed by atoms with E-state index >= 15 is 0 Å². The van der Waals surface area contributed by atoms with Crippen LogP contribution in [0.4, 0.5) is 13.9 Å². The molecule has 1 aromatic carbocycles. The fourth-order valence-electron chi connectivity index (χ4n) is 3.33. The minimum absolute atomic E-state index is 0.0129. The number of amides is 1. The number of fused-ring (bicyclic) bond motifs is 1. The van der Waals surface area contributed by atoms with E-state index in [1.54, 1.807) is 18.4 Å². The molecule has 0 bridgehead atoms. The van der Waals surface area contributed by atoms with Crippen LogP contribution in [0.25, 0.3) is 22.3 Å². The minimum atomic E-state index is -0.643. The molecule has 4 aromatic rings. The van der Waals surface area contributed by atoms with Gasteiger partial charge in [0.05, 0.1) is 11.2 Å². The van der Waals surface area contributed by atoms with Crippen LogP contribution in [0.5, 0.6) is 0 Å². The number of nitrogens with one attached hydrogen (secondary N) is 2. The Hall–Kier alpha value is -3.60. The van der Waals surface area contributed by atoms with Gasteiger partial charge in [0.25, 0.3) is 5.56 Å². The van der Waals surface area contributed by atoms with Crippen molar-refractivity contribution < 1.29 is 13.6 Å². The molecule has 1 amide bonds. The van der Waals surface area contributed by atoms with E-state index in [0.717, 1.165) is 11.3 Å². The predicted molar refractivity (Wildman–Crippen MR) is 113 cm³/mol. The van der Waals surface area contributed by atoms with Crippen LogP contribution in [0.1, 0.15) is 12.5 Å². The Morgan fingerprint density at radius 1 is 1.26 bits per heavy atom. The molecule has 0 spiro atoms. The Labute approximate surface area is 177 Å². The smallest absolute Gasteiger partial charge is 0.328 e. The number of aryl methyl sites for hydroxylation is 1. The van der Waals surface area contributed by atoms with E-state index in [4.69, 9.17) is 0 Å². The van der Waals surface area contributed by atoms with Crippen LogP contribution in [0.2, 0.25) is 0 Å². The van der Waals surface area contributed by atoms with Gasteiger partial charge in [0, 0.05) is 29.8 Å². The van der Waals surface area contributed by atoms with Crippen LogP contribution >= 0.6 is 11.3 Å². The normalized spacial score (nSPS) is 11.2. The molecule has 0 radical (unpaired) electrons. The average molecular weight is 445 g/mol. The molecule has 3 heterocycles. The number of hydrogen-bond donors (Lipinski definition) is 2. The molecular weight excluding hydrogens is 428 g/mol. The molecule has 8 nitrogen and oxygen atoms in total. The quantitative estimate of drug-likeness (QED) is 0.493. The SMILES string of the molecule is CCc1c(F)cc(-c2csc(NC(=O)Cn3ccc4c3c(=O)[nH]c(=O)n4C)n2)cc1F. The third-order valence-electron chi connectivity index (χ3n) is 4.90. The molecule has 0 aliphatic heterocycles. The van der Waals surface area contributed by atoms with Crippen LogP contribution < -0.4 is 16.6 Å². The summed E-state index contributed by atoms with van der Waals surface area (Å²) in [6, 6.07) is 4.00. The summed E-state index contributed by atoms with van der Waals surface area (Å²) in [5, 5.41) is 4.44. The second-order valence-electron chi connectivity index (χ2n) is 6.85. The van der Waals surface area contributed by atoms with Crippen molar-refractivity contribution in [1.29, 1.82) is 0 Å². The maximum atomic E-state index is 14.1. The van der Waals surface area contributed by atoms with Gasteiger partial charge >= 0.3 is 5.69 Å². The van der Waals surface area contributed by atoms with Crippen LogP contribution in [-0.2, 0) is 24.8 Å². The molecule has 0 unspecified atom stereocenters. The van der Waals surface area contributed by atoms with E-state index in [1.807, 2.05) is 0 Å². The second kappa shape index (κ2) is 7.91. The van der Waals surface area contributed by atoms with Gasteiger partial charge in [-0.1, -0.05) is 6.92 Å². The highest BCUT2D eigenvalue weighted by atomic mass is 32.1. The summed E-state index contributed by atoms with van der Waals surface area (Å²) in [5.41, 5.74) is 0.0731. The zero-order chi connectivity index (χ0) is 22.3. The number of thiazole rings is 1. The lowest BCUT2D eigenvalue weighted by Crippen LogP contribution is -2.29. The van der Waals surface area contributed by atoms with Crippen molar-refractivity contribution in [3.05, 3.63) is 67.8 Å². The lowest BCUT2D eigenvalue weighted by Gasteiger charge is -2.06. The summed E-state index contributed by atoms with van der Waals surface area (Å²) < 4.78 is 30.8. The van der Waals surface area contributed by atoms with E-state index in [0.29, 0.717) is 11.2 Å². The van der Waals surface area contributed by atoms with Crippen molar-refractivity contribution >= 4 is 33.4 Å². The molecule has 0 saturated heterocycles. The first-order valence-corrected chi connectivity index (χ1v) is 10.2. The van der Waals surface area contributed by atoms with Gasteiger partial charge in [-0.05, 0) is 24.6 Å². The van der Waals surface area contributed by atoms with Crippen LogP contribution in [0.3, 0.4) is 0 Å². The molecule has 0 aliphatic carbocycles. The topological polar surface area (TPSA) is 102 Å². The summed E-state index contributed by atoms with van der Waals surface area (Å²) in [5.74, 6) is -1.74. The third kappa shape index (κ3) is 3.79. The first-order chi connectivity index (χ1) is 14.8. The van der Waals surface area contributed by atoms with Gasteiger partial charge in [-0.3, -0.25) is 19.1 Å². The minimum Gasteiger partial charge on any atom is -0.332 e. The molecule has 31 heavy (non-hydrogen) atoms. The first kappa shape index (κ1) is 20.7. The zero-order valence-corrected chi connectivity index (χ0v) is 17.3. The Morgan fingerprint density at radius 2 is 1.97 bits per heavy atom. The van der Waals surface area contributed by atoms with Gasteiger partial charge < -0.3 is 9.88 Å². The van der Waals surface area contributed by atoms with Crippen molar-refractivity contribution in [2.45, 2.75) is 19.9 Å². The number of carbonyl (C=O) groups excluding carboxylic acids is 1. The van der Waals surface area contributed by atoms with Crippen molar-refractivity contribution in [3.8, 4) is 11.3 Å². The largest absolute Gasteiger partial charge is 0.332 e. The number of H-pyrrole nitrogens is 1. The molecule has 4 rings (SSSR count). The van der Waals surface area contributed by atoms with Crippen molar-refractivity contribution in [2.75, 3.05) is 5.32 Å². The molecule has 0 aliphatic rings. The van der Waals surface area contributed by atoms with Crippen molar-refractivity contribution in [2.24, 2.45) is 7.05 Å². The van der Waals surface area contributed by atoms with Gasteiger partial charge in [-0.25, -0.2) is 18.6 Å². The number of aromatic amines is 1. The highest BCUT2D eigenvalue weighted by molar-refractivity contribution is 7.14. The number of halogens is 2. The number of aromatic nitrogens is 4. The van der Waals surface area contributed by atoms with Gasteiger partial charge in [0.1, 0.15) is 23.7 Å². The number of carbonyl (C=O) groups is 1. The van der Waals surface area contributed by atoms with E-state index < -0.39 is 28.8 Å². The molecule has 0 atom stereocenters. The number of benzene rings is 1. The first-order valence-electron chi connectivity index (χ1n) is 9.30. The number of anilines is 1. The molecule has 3 aromatic heterocycles. The fourth-order valence-corrected chi connectivity index (χ4v) is 4.06. The predicted octanol–water partition coefficient (Wildman–Crippen LogP) is 2.63. The Morgan fingerprint density at radius 3 is 2.65 bits per heavy atom. The zero-order valence-electron chi connectivity index (χ0n) is 16.5. The van der Waals surface area contributed by atoms with Gasteiger partial charge in [-0.15, -0.1) is 11.3 Å². The van der Waals surface area contributed by atoms with Crippen molar-refractivity contribution in [1.82, 2.24) is 19.1 Å². The highest BCUT2D eigenvalue weighted by Gasteiger charge is 2.15. The van der Waals surface area contributed by atoms with E-state index in [-0.39, 0.29) is 34.7 Å². The third-order valence-corrected chi connectivity index (χ3v) is 5.66. The number of nitrogens with zero attached hydrogens (tertiary/aromatic N) is 3. The Balaban J connectivity index is 1.54. The lowest BCUT2D eigenvalue weighted by molar-refractivity contribution is -0.116. The molecule has 160 valence electrons. The fraction of sp³-hybridized carbons (Fsp3) is 0.200. The molecule has 0 fully saturated rings. The summed E-state index contributed by atoms with van der Waals surface area (Å²) >= 11 is 1.11. The summed E-state index contributed by atoms with van der Waals surface area (Å²) in [6.07, 6.45) is 1.77. The van der Waals surface area contributed by atoms with Crippen LogP contribution in [0.15, 0.2) is 39.4 Å². The summed E-state index contributed by atoms with van der Waals surface area (Å²) in [7, 11) is 1.51. The molecule has 2 N–H and O–H groups in total. The lowest BCUT2D eigenvalue weighted by atomic mass is 10.1. The van der Waals surface area contributed by atoms with Gasteiger partial charge in [-0.2, -0.15) is 0 Å². The van der Waals surface area contributed by atoms with Crippen LogP contribution in [-0.4, -0.2) is 25.0 Å². The van der Waals surface area contributed by atoms with E-state index in [9.17, 15) is 23.2 Å². The van der Waals surface area contributed by atoms with E-state index in [2.05, 4.69) is 15.3 Å². The molecular formula is C20H17F2N5O3S. The summed E-state index contributed by atoms with van der Waals surface area (Å²) in [4.78, 5) is 42.7. The maximum Gasteiger partial charge on any atom is 0.328 e. The van der Waals surface area contributed by atoms with E-state index in [1.165, 1.54) is 34.5 Å². The second-order valence-corrected chi connectivity index (χ2v) is 7.71. The molecule has 0 saturated carbocycles. The maximum absolute atomic E-state index is 14.1. The summed E-state index contributed by atoms with van der Waals surface area (Å²) in [6.45, 7) is 1.48. The van der Waals surface area contributed by atoms with Gasteiger partial charge in [0.2, 0.25) is 5.91 Å². The van der Waals surface area contributed by atoms with Gasteiger partial charge in [0.15, 0.2) is 5.13 Å². The number of hydrogen-bond acceptors (Lipinski definition) is 5. The standard InChI is InChI=1S/C20H17F2N5O3S/c1-3-11-12(21)6-10(7-13(11)22)14-9-31-19(23-14)24-16(28)8-27-5-4-15-17(27)18(29)25-20(30)26(15)2/h4-7,9H,3,8H2,1-2H3,(H,23,24,28)(H,25,29,30). The molecule has 11 heteroatoms. The average Bonchev–Trinajstić information content (AvgIpc) is 3.33. The van der Waals surface area contributed by atoms with Crippen molar-refractivity contribution in [3.63, 3.8) is 0 Å². The monoisotopic (exact) mass is 445 g/mol. The highest BCUT2D eigenvalue weighted by Crippen LogP contribution is 2.28.